The zero-order chi connectivity index (χ0) is 15.7. The summed E-state index contributed by atoms with van der Waals surface area (Å²) in [6.45, 7) is 1.99. The van der Waals surface area contributed by atoms with Crippen LogP contribution in [-0.2, 0) is 0 Å². The Kier molecular flexibility index (Phi) is 3.85. The second-order valence-corrected chi connectivity index (χ2v) is 5.46. The first kappa shape index (κ1) is 14.6. The first-order valence-electron chi connectivity index (χ1n) is 7.08. The van der Waals surface area contributed by atoms with Crippen LogP contribution in [0.1, 0.15) is 34.2 Å². The van der Waals surface area contributed by atoms with E-state index >= 15 is 0 Å². The van der Waals surface area contributed by atoms with Gasteiger partial charge in [-0.15, -0.1) is 0 Å². The standard InChI is InChI=1S/C16H16FN3O2/c1-10-7-19-14(8-18-10)16(22)20-9-13(21)6-15(20)11-3-2-4-12(17)5-11/h2-5,7-8,13,15,21H,6,9H2,1H3/t13-,15+/m1/s1. The summed E-state index contributed by atoms with van der Waals surface area (Å²) in [6.07, 6.45) is 2.70. The van der Waals surface area contributed by atoms with Crippen molar-refractivity contribution in [3.05, 3.63) is 59.4 Å². The molecule has 1 aromatic heterocycles. The van der Waals surface area contributed by atoms with Gasteiger partial charge in [0.1, 0.15) is 11.5 Å². The number of carbonyl (C=O) groups excluding carboxylic acids is 1. The van der Waals surface area contributed by atoms with Crippen molar-refractivity contribution in [3.63, 3.8) is 0 Å². The molecule has 1 N–H and O–H groups in total. The first-order valence-corrected chi connectivity index (χ1v) is 7.08. The molecule has 0 unspecified atom stereocenters. The average Bonchev–Trinajstić information content (AvgIpc) is 2.89. The monoisotopic (exact) mass is 301 g/mol. The fraction of sp³-hybridized carbons (Fsp3) is 0.312. The van der Waals surface area contributed by atoms with Gasteiger partial charge >= 0.3 is 0 Å². The zero-order valence-corrected chi connectivity index (χ0v) is 12.1. The smallest absolute Gasteiger partial charge is 0.274 e. The fourth-order valence-corrected chi connectivity index (χ4v) is 2.72. The first-order chi connectivity index (χ1) is 10.5. The van der Waals surface area contributed by atoms with Crippen LogP contribution in [0.3, 0.4) is 0 Å². The summed E-state index contributed by atoms with van der Waals surface area (Å²) in [5, 5.41) is 9.92. The lowest BCUT2D eigenvalue weighted by atomic mass is 10.0. The van der Waals surface area contributed by atoms with Gasteiger partial charge in [0.05, 0.1) is 24.0 Å². The van der Waals surface area contributed by atoms with Crippen molar-refractivity contribution < 1.29 is 14.3 Å². The van der Waals surface area contributed by atoms with Gasteiger partial charge in [0, 0.05) is 12.7 Å². The maximum atomic E-state index is 13.4. The third kappa shape index (κ3) is 2.82. The van der Waals surface area contributed by atoms with Gasteiger partial charge in [-0.1, -0.05) is 12.1 Å². The van der Waals surface area contributed by atoms with Crippen LogP contribution >= 0.6 is 0 Å². The summed E-state index contributed by atoms with van der Waals surface area (Å²) in [5.41, 5.74) is 1.62. The number of hydrogen-bond acceptors (Lipinski definition) is 4. The van der Waals surface area contributed by atoms with Gasteiger partial charge in [-0.2, -0.15) is 0 Å². The molecule has 1 amide bonds. The molecule has 0 aliphatic carbocycles. The molecule has 0 radical (unpaired) electrons. The molecule has 3 rings (SSSR count). The minimum absolute atomic E-state index is 0.204. The molecule has 114 valence electrons. The van der Waals surface area contributed by atoms with Gasteiger partial charge in [-0.3, -0.25) is 9.78 Å². The average molecular weight is 301 g/mol. The van der Waals surface area contributed by atoms with E-state index in [2.05, 4.69) is 9.97 Å². The number of likely N-dealkylation sites (tertiary alicyclic amines) is 1. The summed E-state index contributed by atoms with van der Waals surface area (Å²) < 4.78 is 13.4. The zero-order valence-electron chi connectivity index (χ0n) is 12.1. The normalized spacial score (nSPS) is 21.1. The second-order valence-electron chi connectivity index (χ2n) is 5.46. The molecule has 5 nitrogen and oxygen atoms in total. The molecular formula is C16H16FN3O2. The number of halogens is 1. The number of nitrogens with zero attached hydrogens (tertiary/aromatic N) is 3. The number of aryl methyl sites for hydroxylation is 1. The van der Waals surface area contributed by atoms with E-state index in [1.807, 2.05) is 0 Å². The number of amides is 1. The number of aliphatic hydroxyl groups is 1. The number of aromatic nitrogens is 2. The van der Waals surface area contributed by atoms with Crippen molar-refractivity contribution >= 4 is 5.91 Å². The van der Waals surface area contributed by atoms with Crippen LogP contribution < -0.4 is 0 Å². The minimum Gasteiger partial charge on any atom is -0.391 e. The topological polar surface area (TPSA) is 66.3 Å². The van der Waals surface area contributed by atoms with Crippen molar-refractivity contribution in [1.29, 1.82) is 0 Å². The van der Waals surface area contributed by atoms with Crippen LogP contribution in [0.25, 0.3) is 0 Å². The van der Waals surface area contributed by atoms with Crippen molar-refractivity contribution in [2.24, 2.45) is 0 Å². The highest BCUT2D eigenvalue weighted by Gasteiger charge is 2.36. The third-order valence-corrected chi connectivity index (χ3v) is 3.77. The Hall–Kier alpha value is -2.34. The van der Waals surface area contributed by atoms with E-state index in [4.69, 9.17) is 0 Å². The van der Waals surface area contributed by atoms with Gasteiger partial charge in [0.25, 0.3) is 5.91 Å². The van der Waals surface area contributed by atoms with Gasteiger partial charge in [0.15, 0.2) is 0 Å². The van der Waals surface area contributed by atoms with E-state index in [1.54, 1.807) is 19.1 Å². The SMILES string of the molecule is Cc1cnc(C(=O)N2C[C@H](O)C[C@H]2c2cccc(F)c2)cn1. The maximum absolute atomic E-state index is 13.4. The third-order valence-electron chi connectivity index (χ3n) is 3.77. The van der Waals surface area contributed by atoms with Crippen LogP contribution in [-0.4, -0.2) is 38.5 Å². The summed E-state index contributed by atoms with van der Waals surface area (Å²) in [6, 6.07) is 5.74. The molecule has 0 saturated carbocycles. The number of hydrogen-bond donors (Lipinski definition) is 1. The molecule has 1 fully saturated rings. The molecule has 22 heavy (non-hydrogen) atoms. The van der Waals surface area contributed by atoms with Crippen LogP contribution in [0.2, 0.25) is 0 Å². The summed E-state index contributed by atoms with van der Waals surface area (Å²) in [5.74, 6) is -0.667. The lowest BCUT2D eigenvalue weighted by Gasteiger charge is -2.24. The Morgan fingerprint density at radius 1 is 1.36 bits per heavy atom. The molecule has 0 spiro atoms. The van der Waals surface area contributed by atoms with Gasteiger partial charge < -0.3 is 10.0 Å². The van der Waals surface area contributed by atoms with E-state index in [1.165, 1.54) is 29.4 Å². The molecule has 1 aliphatic heterocycles. The van der Waals surface area contributed by atoms with E-state index in [-0.39, 0.29) is 30.0 Å². The second kappa shape index (κ2) is 5.81. The Morgan fingerprint density at radius 2 is 2.18 bits per heavy atom. The lowest BCUT2D eigenvalue weighted by molar-refractivity contribution is 0.0709. The van der Waals surface area contributed by atoms with Gasteiger partial charge in [-0.25, -0.2) is 9.37 Å². The molecular weight excluding hydrogens is 285 g/mol. The molecule has 1 aromatic carbocycles. The van der Waals surface area contributed by atoms with E-state index in [9.17, 15) is 14.3 Å². The number of benzene rings is 1. The van der Waals surface area contributed by atoms with Gasteiger partial charge in [0.2, 0.25) is 0 Å². The largest absolute Gasteiger partial charge is 0.391 e. The quantitative estimate of drug-likeness (QED) is 0.919. The lowest BCUT2D eigenvalue weighted by Crippen LogP contribution is -2.32. The highest BCUT2D eigenvalue weighted by molar-refractivity contribution is 5.92. The fourth-order valence-electron chi connectivity index (χ4n) is 2.72. The van der Waals surface area contributed by atoms with Crippen LogP contribution in [0.15, 0.2) is 36.7 Å². The molecule has 2 aromatic rings. The highest BCUT2D eigenvalue weighted by atomic mass is 19.1. The Labute approximate surface area is 127 Å². The van der Waals surface area contributed by atoms with Crippen molar-refractivity contribution in [1.82, 2.24) is 14.9 Å². The predicted octanol–water partition coefficient (Wildman–Crippen LogP) is 1.87. The van der Waals surface area contributed by atoms with E-state index < -0.39 is 6.10 Å². The Bertz CT molecular complexity index is 690. The van der Waals surface area contributed by atoms with Crippen LogP contribution in [0.4, 0.5) is 4.39 Å². The number of rotatable bonds is 2. The minimum atomic E-state index is -0.629. The predicted molar refractivity (Wildman–Crippen MR) is 77.6 cm³/mol. The molecule has 2 heterocycles. The summed E-state index contributed by atoms with van der Waals surface area (Å²) in [4.78, 5) is 22.3. The molecule has 1 saturated heterocycles. The van der Waals surface area contributed by atoms with Crippen molar-refractivity contribution in [3.8, 4) is 0 Å². The molecule has 6 heteroatoms. The molecule has 1 aliphatic rings. The summed E-state index contributed by atoms with van der Waals surface area (Å²) in [7, 11) is 0. The van der Waals surface area contributed by atoms with Crippen molar-refractivity contribution in [2.75, 3.05) is 6.54 Å². The van der Waals surface area contributed by atoms with Gasteiger partial charge in [-0.05, 0) is 31.0 Å². The molecule has 2 atom stereocenters. The Balaban J connectivity index is 1.90. The summed E-state index contributed by atoms with van der Waals surface area (Å²) >= 11 is 0. The van der Waals surface area contributed by atoms with Crippen molar-refractivity contribution in [2.45, 2.75) is 25.5 Å². The maximum Gasteiger partial charge on any atom is 0.274 e. The van der Waals surface area contributed by atoms with Crippen LogP contribution in [0, 0.1) is 12.7 Å². The number of β-amino-alcohol motifs (C(OH)–C–C–N with tert-alkyl or cyclic N) is 1. The number of carbonyl (C=O) groups is 1. The number of aliphatic hydroxyl groups excluding tert-OH is 1. The Morgan fingerprint density at radius 3 is 2.86 bits per heavy atom. The highest BCUT2D eigenvalue weighted by Crippen LogP contribution is 2.33. The molecule has 0 bridgehead atoms. The van der Waals surface area contributed by atoms with E-state index in [0.717, 1.165) is 5.69 Å². The van der Waals surface area contributed by atoms with E-state index in [0.29, 0.717) is 12.0 Å². The van der Waals surface area contributed by atoms with Crippen LogP contribution in [0.5, 0.6) is 0 Å².